The average molecular weight is 411 g/mol. The van der Waals surface area contributed by atoms with Crippen molar-refractivity contribution < 1.29 is 19.1 Å². The lowest BCUT2D eigenvalue weighted by molar-refractivity contribution is 0.101. The topological polar surface area (TPSA) is 89.6 Å². The van der Waals surface area contributed by atoms with Crippen molar-refractivity contribution >= 4 is 34.1 Å². The summed E-state index contributed by atoms with van der Waals surface area (Å²) >= 11 is 0. The zero-order valence-corrected chi connectivity index (χ0v) is 16.3. The van der Waals surface area contributed by atoms with Gasteiger partial charge in [0.25, 0.3) is 11.8 Å². The van der Waals surface area contributed by atoms with Crippen LogP contribution in [0.3, 0.4) is 0 Å². The van der Waals surface area contributed by atoms with Gasteiger partial charge in [0, 0.05) is 22.3 Å². The number of nitrogens with zero attached hydrogens (tertiary/aromatic N) is 1. The van der Waals surface area contributed by atoms with Crippen LogP contribution in [-0.4, -0.2) is 23.6 Å². The number of ether oxygens (including phenoxy) is 2. The molecule has 1 aliphatic heterocycles. The van der Waals surface area contributed by atoms with Gasteiger partial charge in [0.15, 0.2) is 11.5 Å². The third-order valence-corrected chi connectivity index (χ3v) is 4.84. The van der Waals surface area contributed by atoms with E-state index in [9.17, 15) is 9.59 Å². The number of rotatable bonds is 4. The number of fused-ring (bicyclic) bond motifs is 2. The van der Waals surface area contributed by atoms with Crippen LogP contribution in [0.5, 0.6) is 11.5 Å². The number of nitrogens with one attached hydrogen (secondary N) is 2. The minimum atomic E-state index is -0.329. The molecular formula is C24H17N3O4. The second-order valence-corrected chi connectivity index (χ2v) is 6.95. The van der Waals surface area contributed by atoms with E-state index in [1.54, 1.807) is 48.5 Å². The molecule has 1 aromatic heterocycles. The van der Waals surface area contributed by atoms with Crippen LogP contribution in [-0.2, 0) is 0 Å². The summed E-state index contributed by atoms with van der Waals surface area (Å²) in [7, 11) is 0. The maximum absolute atomic E-state index is 12.6. The quantitative estimate of drug-likeness (QED) is 0.517. The third kappa shape index (κ3) is 3.89. The van der Waals surface area contributed by atoms with Crippen molar-refractivity contribution in [1.29, 1.82) is 0 Å². The molecule has 0 saturated heterocycles. The molecule has 0 unspecified atom stereocenters. The number of pyridine rings is 1. The minimum Gasteiger partial charge on any atom is -0.454 e. The molecule has 7 nitrogen and oxygen atoms in total. The van der Waals surface area contributed by atoms with Crippen molar-refractivity contribution in [3.8, 4) is 11.5 Å². The van der Waals surface area contributed by atoms with Crippen LogP contribution in [0, 0.1) is 0 Å². The highest BCUT2D eigenvalue weighted by Gasteiger charge is 2.16. The van der Waals surface area contributed by atoms with Crippen LogP contribution < -0.4 is 20.1 Å². The number of carbonyl (C=O) groups is 2. The van der Waals surface area contributed by atoms with Gasteiger partial charge >= 0.3 is 0 Å². The fourth-order valence-electron chi connectivity index (χ4n) is 3.30. The summed E-state index contributed by atoms with van der Waals surface area (Å²) in [6.07, 6.45) is 0. The molecule has 152 valence electrons. The Kier molecular flexibility index (Phi) is 4.68. The highest BCUT2D eigenvalue weighted by atomic mass is 16.7. The molecule has 0 spiro atoms. The molecular weight excluding hydrogens is 394 g/mol. The molecule has 3 aromatic carbocycles. The third-order valence-electron chi connectivity index (χ3n) is 4.84. The van der Waals surface area contributed by atoms with E-state index < -0.39 is 0 Å². The van der Waals surface area contributed by atoms with E-state index in [4.69, 9.17) is 9.47 Å². The first kappa shape index (κ1) is 18.6. The van der Waals surface area contributed by atoms with Crippen LogP contribution in [0.15, 0.2) is 78.9 Å². The van der Waals surface area contributed by atoms with Gasteiger partial charge in [-0.25, -0.2) is 4.98 Å². The summed E-state index contributed by atoms with van der Waals surface area (Å²) in [6.45, 7) is 0.147. The zero-order valence-electron chi connectivity index (χ0n) is 16.3. The molecule has 5 rings (SSSR count). The van der Waals surface area contributed by atoms with E-state index >= 15 is 0 Å². The molecule has 0 atom stereocenters. The van der Waals surface area contributed by atoms with Crippen LogP contribution >= 0.6 is 0 Å². The maximum atomic E-state index is 12.6. The van der Waals surface area contributed by atoms with Crippen LogP contribution in [0.4, 0.5) is 11.4 Å². The van der Waals surface area contributed by atoms with Crippen molar-refractivity contribution in [2.45, 2.75) is 0 Å². The van der Waals surface area contributed by atoms with E-state index in [1.165, 1.54) is 0 Å². The molecule has 0 bridgehead atoms. The largest absolute Gasteiger partial charge is 0.454 e. The maximum Gasteiger partial charge on any atom is 0.274 e. The van der Waals surface area contributed by atoms with Gasteiger partial charge in [-0.15, -0.1) is 0 Å². The number of aromatic nitrogens is 1. The van der Waals surface area contributed by atoms with Gasteiger partial charge in [0.2, 0.25) is 6.79 Å². The first-order valence-electron chi connectivity index (χ1n) is 9.64. The summed E-state index contributed by atoms with van der Waals surface area (Å²) in [4.78, 5) is 29.6. The van der Waals surface area contributed by atoms with Crippen molar-refractivity contribution in [3.05, 3.63) is 90.1 Å². The second kappa shape index (κ2) is 7.79. The molecule has 31 heavy (non-hydrogen) atoms. The Labute approximate surface area is 177 Å². The molecule has 0 fully saturated rings. The molecule has 2 N–H and O–H groups in total. The monoisotopic (exact) mass is 411 g/mol. The Morgan fingerprint density at radius 1 is 0.742 bits per heavy atom. The molecule has 0 saturated carbocycles. The molecule has 0 aliphatic carbocycles. The van der Waals surface area contributed by atoms with E-state index in [-0.39, 0.29) is 18.6 Å². The first-order chi connectivity index (χ1) is 15.2. The molecule has 4 aromatic rings. The average Bonchev–Trinajstić information content (AvgIpc) is 3.27. The lowest BCUT2D eigenvalue weighted by Crippen LogP contribution is -2.15. The molecule has 2 heterocycles. The summed E-state index contributed by atoms with van der Waals surface area (Å²) in [5, 5.41) is 6.61. The lowest BCUT2D eigenvalue weighted by atomic mass is 10.1. The second-order valence-electron chi connectivity index (χ2n) is 6.95. The fraction of sp³-hybridized carbons (Fsp3) is 0.0417. The predicted molar refractivity (Wildman–Crippen MR) is 117 cm³/mol. The van der Waals surface area contributed by atoms with Crippen LogP contribution in [0.1, 0.15) is 20.8 Å². The molecule has 0 radical (unpaired) electrons. The number of para-hydroxylation sites is 1. The van der Waals surface area contributed by atoms with Crippen LogP contribution in [0.2, 0.25) is 0 Å². The summed E-state index contributed by atoms with van der Waals surface area (Å²) in [5.74, 6) is 0.531. The summed E-state index contributed by atoms with van der Waals surface area (Å²) in [6, 6.07) is 23.1. The molecule has 7 heteroatoms. The SMILES string of the molecule is O=C(Nc1cccc(NC(=O)c2ccc3ccccc3n2)c1)c1ccc2c(c1)OCO2. The van der Waals surface area contributed by atoms with Gasteiger partial charge in [0.1, 0.15) is 5.69 Å². The van der Waals surface area contributed by atoms with Crippen molar-refractivity contribution in [3.63, 3.8) is 0 Å². The Bertz CT molecular complexity index is 1320. The fourth-order valence-corrected chi connectivity index (χ4v) is 3.30. The van der Waals surface area contributed by atoms with Crippen LogP contribution in [0.25, 0.3) is 10.9 Å². The standard InChI is InChI=1S/C24H17N3O4/c28-23(16-9-11-21-22(12-16)31-14-30-21)25-17-5-3-6-18(13-17)26-24(29)20-10-8-15-4-1-2-7-19(15)27-20/h1-13H,14H2,(H,25,28)(H,26,29). The highest BCUT2D eigenvalue weighted by Crippen LogP contribution is 2.32. The Balaban J connectivity index is 1.30. The van der Waals surface area contributed by atoms with E-state index in [0.717, 1.165) is 10.9 Å². The number of hydrogen-bond acceptors (Lipinski definition) is 5. The van der Waals surface area contributed by atoms with Gasteiger partial charge < -0.3 is 20.1 Å². The first-order valence-corrected chi connectivity index (χ1v) is 9.64. The number of amides is 2. The predicted octanol–water partition coefficient (Wildman–Crippen LogP) is 4.47. The Morgan fingerprint density at radius 2 is 1.52 bits per heavy atom. The highest BCUT2D eigenvalue weighted by molar-refractivity contribution is 6.06. The van der Waals surface area contributed by atoms with Gasteiger partial charge in [-0.3, -0.25) is 9.59 Å². The Morgan fingerprint density at radius 3 is 2.39 bits per heavy atom. The molecule has 1 aliphatic rings. The van der Waals surface area contributed by atoms with Crippen molar-refractivity contribution in [1.82, 2.24) is 4.98 Å². The Hall–Kier alpha value is -4.39. The molecule has 2 amide bonds. The summed E-state index contributed by atoms with van der Waals surface area (Å²) < 4.78 is 10.6. The number of hydrogen-bond donors (Lipinski definition) is 2. The van der Waals surface area contributed by atoms with Gasteiger partial charge in [-0.05, 0) is 48.5 Å². The smallest absolute Gasteiger partial charge is 0.274 e. The summed E-state index contributed by atoms with van der Waals surface area (Å²) in [5.41, 5.74) is 2.60. The van der Waals surface area contributed by atoms with E-state index in [0.29, 0.717) is 34.1 Å². The van der Waals surface area contributed by atoms with Gasteiger partial charge in [0.05, 0.1) is 5.52 Å². The number of benzene rings is 3. The van der Waals surface area contributed by atoms with Crippen molar-refractivity contribution in [2.24, 2.45) is 0 Å². The normalized spacial score (nSPS) is 11.9. The number of carbonyl (C=O) groups excluding carboxylic acids is 2. The van der Waals surface area contributed by atoms with Gasteiger partial charge in [-0.1, -0.05) is 30.3 Å². The zero-order chi connectivity index (χ0) is 21.2. The van der Waals surface area contributed by atoms with Gasteiger partial charge in [-0.2, -0.15) is 0 Å². The van der Waals surface area contributed by atoms with Crippen molar-refractivity contribution in [2.75, 3.05) is 17.4 Å². The lowest BCUT2D eigenvalue weighted by Gasteiger charge is -2.09. The minimum absolute atomic E-state index is 0.147. The number of anilines is 2. The van der Waals surface area contributed by atoms with E-state index in [1.807, 2.05) is 30.3 Å². The van der Waals surface area contributed by atoms with E-state index in [2.05, 4.69) is 15.6 Å².